The zero-order valence-electron chi connectivity index (χ0n) is 49.9. The molecule has 0 aromatic heterocycles. The molecule has 5 heterocycles. The maximum atomic E-state index is 15.6. The van der Waals surface area contributed by atoms with Gasteiger partial charge in [0, 0.05) is 67.9 Å². The highest BCUT2D eigenvalue weighted by Gasteiger charge is 2.64. The molecule has 21 nitrogen and oxygen atoms in total. The molecule has 0 aromatic rings. The Balaban J connectivity index is 1.00. The van der Waals surface area contributed by atoms with Crippen LogP contribution in [0.3, 0.4) is 0 Å². The number of aliphatic hydroxyl groups excluding tert-OH is 5. The van der Waals surface area contributed by atoms with E-state index in [1.54, 1.807) is 26.8 Å². The molecule has 0 radical (unpaired) electrons. The Kier molecular flexibility index (Phi) is 18.9. The fraction of sp³-hybridized carbons (Fsp3) is 0.787. The highest BCUT2D eigenvalue weighted by molar-refractivity contribution is 6.26. The third-order valence-electron chi connectivity index (χ3n) is 19.9. The Labute approximate surface area is 482 Å². The van der Waals surface area contributed by atoms with E-state index < -0.39 is 157 Å². The van der Waals surface area contributed by atoms with Crippen LogP contribution >= 0.6 is 0 Å². The van der Waals surface area contributed by atoms with Crippen LogP contribution in [0, 0.1) is 46.8 Å². The van der Waals surface area contributed by atoms with E-state index >= 15 is 4.79 Å². The number of ketones is 1. The number of hydrogen-bond donors (Lipinski definition) is 7. The van der Waals surface area contributed by atoms with E-state index in [1.165, 1.54) is 14.2 Å². The van der Waals surface area contributed by atoms with Gasteiger partial charge in [-0.1, -0.05) is 63.6 Å². The van der Waals surface area contributed by atoms with Crippen molar-refractivity contribution in [1.29, 1.82) is 0 Å². The van der Waals surface area contributed by atoms with Gasteiger partial charge in [-0.25, -0.2) is 9.59 Å². The largest absolute Gasteiger partial charge is 0.511 e. The summed E-state index contributed by atoms with van der Waals surface area (Å²) in [6.07, 6.45) is -1.16. The zero-order valence-corrected chi connectivity index (χ0v) is 49.9. The molecule has 6 fully saturated rings. The molecule has 1 saturated carbocycles. The van der Waals surface area contributed by atoms with Gasteiger partial charge in [0.1, 0.15) is 29.6 Å². The van der Waals surface area contributed by atoms with Crippen molar-refractivity contribution in [2.75, 3.05) is 20.8 Å². The molecule has 21 heteroatoms. The van der Waals surface area contributed by atoms with Gasteiger partial charge in [0.25, 0.3) is 0 Å². The number of carbonyl (C=O) groups is 3. The average molecular weight is 1160 g/mol. The number of aliphatic hydroxyl groups is 5. The minimum atomic E-state index is -1.75. The second-order valence-corrected chi connectivity index (χ2v) is 25.8. The second kappa shape index (κ2) is 24.6. The molecule has 1 spiro atoms. The molecule has 27 atom stereocenters. The molecule has 4 aliphatic carbocycles. The van der Waals surface area contributed by atoms with Crippen LogP contribution in [0.1, 0.15) is 121 Å². The van der Waals surface area contributed by atoms with Crippen LogP contribution in [0.5, 0.6) is 0 Å². The SMILES string of the molecule is COC(=O)N[C@H]1[C@@H](C)O[C@@H](O[C@H]2C/C=C(/C)[C@@H]3C=C[C@@H]4[C@@H](O[C@H]5C[C@@H](O[C@H]6C[C@@H](O)[C@@H](O[C@@H]7C[C@@H](O)[C@@H](OC)[C@H](C)O7)[C@H](C)O6)[C@@H](O)[C@H](C)O5)[C@@H](C)C[C@H](C)[C@H]4[C@]3(C)C(O)=C3C(=O)O[C@]4(C[C@@H](C)C(CO)=C[C@H]4C=C2C)C3=O)C[C@]1(C)N. The van der Waals surface area contributed by atoms with E-state index in [-0.39, 0.29) is 73.7 Å². The Hall–Kier alpha value is -3.65. The molecule has 2 bridgehead atoms. The van der Waals surface area contributed by atoms with Crippen molar-refractivity contribution in [2.24, 2.45) is 52.6 Å². The molecule has 0 aromatic carbocycles. The van der Waals surface area contributed by atoms with Gasteiger partial charge in [-0.05, 0) is 96.1 Å². The maximum Gasteiger partial charge on any atom is 0.407 e. The van der Waals surface area contributed by atoms with Crippen LogP contribution < -0.4 is 11.1 Å². The van der Waals surface area contributed by atoms with E-state index in [0.717, 1.165) is 5.57 Å². The molecule has 5 aliphatic heterocycles. The van der Waals surface area contributed by atoms with Crippen LogP contribution in [-0.2, 0) is 61.7 Å². The number of carbonyl (C=O) groups excluding carboxylic acids is 3. The lowest BCUT2D eigenvalue weighted by Gasteiger charge is -2.56. The number of esters is 1. The summed E-state index contributed by atoms with van der Waals surface area (Å²) in [6.45, 7) is 20.6. The normalized spacial score (nSPS) is 48.8. The van der Waals surface area contributed by atoms with Gasteiger partial charge in [-0.3, -0.25) is 4.79 Å². The lowest BCUT2D eigenvalue weighted by Crippen LogP contribution is -2.66. The molecule has 8 N–H and O–H groups in total. The zero-order chi connectivity index (χ0) is 59.7. The molecule has 1 amide bonds. The van der Waals surface area contributed by atoms with Gasteiger partial charge in [0.2, 0.25) is 5.78 Å². The molecule has 460 valence electrons. The highest BCUT2D eigenvalue weighted by atomic mass is 16.7. The first-order valence-electron chi connectivity index (χ1n) is 29.7. The number of alkyl carbamates (subject to hydrolysis) is 1. The van der Waals surface area contributed by atoms with Crippen molar-refractivity contribution in [2.45, 2.75) is 237 Å². The Bertz CT molecular complexity index is 2490. The van der Waals surface area contributed by atoms with Crippen molar-refractivity contribution in [1.82, 2.24) is 5.32 Å². The number of rotatable bonds is 11. The van der Waals surface area contributed by atoms with Crippen LogP contribution in [0.15, 0.2) is 58.4 Å². The molecular weight excluding hydrogens is 1060 g/mol. The van der Waals surface area contributed by atoms with Crippen molar-refractivity contribution >= 4 is 17.8 Å². The number of fused-ring (bicyclic) bond motifs is 4. The van der Waals surface area contributed by atoms with Crippen molar-refractivity contribution in [3.63, 3.8) is 0 Å². The summed E-state index contributed by atoms with van der Waals surface area (Å²) < 4.78 is 68.4. The quantitative estimate of drug-likeness (QED) is 0.0789. The standard InChI is InChI=1S/C61H92N2O19/c1-27-14-17-42(78-47-25-59(10,62)54(35(9)77-47)63-58(71)73-13)28(2)19-37-20-36(26-64)31(5)24-61(37)56(69)48(57(70)82-61)55(68)60(11)39(27)16-15-38-49(60)29(3)18-30(4)51(38)80-46-23-43(50(67)32(6)74-46)79-44-22-41(66)53(34(8)76-44)81-45-21-40(65)52(72-12)33(7)75-45/h14-16,19-20,29-35,37-47,49-54,64-68H,17-18,21-26,62H2,1-13H3,(H,63,71)/b27-14-,28-19?,55-48?/t29-,30-,31+,32-,33-,34-,35+,37+,38-,39-,40+,41+,42-,43+,44-,45+,46-,47-,49+,50-,51-,52-,53-,54-,59-,60+,61-/m0/s1. The summed E-state index contributed by atoms with van der Waals surface area (Å²) in [5, 5.41) is 60.3. The Morgan fingerprint density at radius 3 is 2.00 bits per heavy atom. The first-order valence-corrected chi connectivity index (χ1v) is 29.7. The molecular formula is C61H92N2O19. The van der Waals surface area contributed by atoms with Gasteiger partial charge in [-0.2, -0.15) is 0 Å². The smallest absolute Gasteiger partial charge is 0.407 e. The first kappa shape index (κ1) is 62.9. The summed E-state index contributed by atoms with van der Waals surface area (Å²) in [6, 6.07) is -0.595. The average Bonchev–Trinajstić information content (AvgIpc) is 3.56. The molecule has 9 aliphatic rings. The van der Waals surface area contributed by atoms with E-state index in [2.05, 4.69) is 37.4 Å². The molecule has 5 saturated heterocycles. The van der Waals surface area contributed by atoms with Gasteiger partial charge in [0.05, 0.1) is 74.7 Å². The van der Waals surface area contributed by atoms with Gasteiger partial charge in [0.15, 0.2) is 30.8 Å². The number of nitrogens with two attached hydrogens (primary N) is 1. The van der Waals surface area contributed by atoms with Crippen molar-refractivity contribution < 1.29 is 92.0 Å². The minimum absolute atomic E-state index is 0.0320. The lowest BCUT2D eigenvalue weighted by molar-refractivity contribution is -0.335. The van der Waals surface area contributed by atoms with Crippen molar-refractivity contribution in [3.05, 3.63) is 58.4 Å². The van der Waals surface area contributed by atoms with E-state index in [0.29, 0.717) is 24.0 Å². The van der Waals surface area contributed by atoms with E-state index in [9.17, 15) is 35.1 Å². The number of amides is 1. The number of Topliss-reactive ketones (excluding diaryl/α,β-unsaturated/α-hetero) is 1. The van der Waals surface area contributed by atoms with Gasteiger partial charge in [-0.15, -0.1) is 0 Å². The Morgan fingerprint density at radius 1 is 0.744 bits per heavy atom. The second-order valence-electron chi connectivity index (χ2n) is 25.8. The number of hydrogen-bond acceptors (Lipinski definition) is 20. The van der Waals surface area contributed by atoms with E-state index in [1.807, 2.05) is 47.6 Å². The summed E-state index contributed by atoms with van der Waals surface area (Å²) in [5.74, 6) is -4.54. The van der Waals surface area contributed by atoms with Crippen LogP contribution in [0.25, 0.3) is 0 Å². The third kappa shape index (κ3) is 11.8. The summed E-state index contributed by atoms with van der Waals surface area (Å²) in [5.41, 5.74) is 4.75. The van der Waals surface area contributed by atoms with Crippen LogP contribution in [0.4, 0.5) is 4.79 Å². The first-order chi connectivity index (χ1) is 38.6. The number of nitrogens with one attached hydrogen (secondary N) is 1. The predicted molar refractivity (Wildman–Crippen MR) is 295 cm³/mol. The summed E-state index contributed by atoms with van der Waals surface area (Å²) in [4.78, 5) is 42.6. The van der Waals surface area contributed by atoms with Crippen LogP contribution in [-0.4, -0.2) is 180 Å². The lowest BCUT2D eigenvalue weighted by atomic mass is 9.49. The highest BCUT2D eigenvalue weighted by Crippen LogP contribution is 2.61. The topological polar surface area (TPSA) is 292 Å². The maximum absolute atomic E-state index is 15.6. The summed E-state index contributed by atoms with van der Waals surface area (Å²) in [7, 11) is 2.79. The number of ether oxygens (including phenoxy) is 11. The number of methoxy groups -OCH3 is 2. The third-order valence-corrected chi connectivity index (χ3v) is 19.9. The van der Waals surface area contributed by atoms with Gasteiger partial charge < -0.3 is 88.7 Å². The number of allylic oxidation sites excluding steroid dienone is 3. The minimum Gasteiger partial charge on any atom is -0.511 e. The van der Waals surface area contributed by atoms with E-state index in [4.69, 9.17) is 57.8 Å². The molecule has 0 unspecified atom stereocenters. The fourth-order valence-electron chi connectivity index (χ4n) is 15.7. The molecule has 82 heavy (non-hydrogen) atoms. The van der Waals surface area contributed by atoms with Crippen molar-refractivity contribution in [3.8, 4) is 0 Å². The van der Waals surface area contributed by atoms with Crippen LogP contribution in [0.2, 0.25) is 0 Å². The fourth-order valence-corrected chi connectivity index (χ4v) is 15.7. The predicted octanol–water partition coefficient (Wildman–Crippen LogP) is 5.25. The summed E-state index contributed by atoms with van der Waals surface area (Å²) >= 11 is 0. The van der Waals surface area contributed by atoms with Gasteiger partial charge >= 0.3 is 12.1 Å². The Morgan fingerprint density at radius 2 is 1.37 bits per heavy atom. The molecule has 9 rings (SSSR count). The monoisotopic (exact) mass is 1160 g/mol.